The van der Waals surface area contributed by atoms with Crippen LogP contribution < -0.4 is 5.43 Å². The van der Waals surface area contributed by atoms with Gasteiger partial charge in [-0.25, -0.2) is 4.79 Å². The molecule has 0 aliphatic heterocycles. The lowest BCUT2D eigenvalue weighted by Crippen LogP contribution is -2.10. The van der Waals surface area contributed by atoms with Crippen LogP contribution in [0.25, 0.3) is 22.4 Å². The number of rotatable bonds is 4. The molecule has 3 aromatic heterocycles. The van der Waals surface area contributed by atoms with Crippen molar-refractivity contribution >= 4 is 28.5 Å². The molecule has 9 heteroatoms. The number of carbonyl (C=O) groups excluding carboxylic acids is 1. The van der Waals surface area contributed by atoms with Crippen LogP contribution in [0.4, 0.5) is 0 Å². The highest BCUT2D eigenvalue weighted by Gasteiger charge is 2.18. The molecule has 0 aliphatic rings. The van der Waals surface area contributed by atoms with Gasteiger partial charge in [-0.2, -0.15) is 0 Å². The van der Waals surface area contributed by atoms with Crippen LogP contribution in [0.1, 0.15) is 28.0 Å². The minimum atomic E-state index is -0.830. The van der Waals surface area contributed by atoms with E-state index in [2.05, 4.69) is 10.2 Å². The molecule has 1 aromatic carbocycles. The van der Waals surface area contributed by atoms with Crippen molar-refractivity contribution in [2.24, 2.45) is 0 Å². The lowest BCUT2D eigenvalue weighted by Gasteiger charge is -2.03. The van der Waals surface area contributed by atoms with E-state index in [1.165, 1.54) is 12.1 Å². The number of aromatic nitrogens is 2. The number of carbonyl (C=O) groups is 1. The molecule has 0 unspecified atom stereocenters. The molecule has 8 nitrogen and oxygen atoms in total. The molecule has 4 aromatic rings. The number of nitrogens with zero attached hydrogens (tertiary/aromatic N) is 2. The first-order valence-corrected chi connectivity index (χ1v) is 8.59. The molecular formula is C19H13ClN2O6. The lowest BCUT2D eigenvalue weighted by atomic mass is 10.2. The minimum absolute atomic E-state index is 0.0940. The topological polar surface area (TPSA) is 109 Å². The molecule has 142 valence electrons. The van der Waals surface area contributed by atoms with Crippen LogP contribution in [-0.4, -0.2) is 16.2 Å². The summed E-state index contributed by atoms with van der Waals surface area (Å²) in [5.74, 6) is 0.643. The van der Waals surface area contributed by atoms with Crippen LogP contribution in [0, 0.1) is 13.8 Å². The van der Waals surface area contributed by atoms with Gasteiger partial charge in [-0.05, 0) is 38.1 Å². The first-order chi connectivity index (χ1) is 13.4. The van der Waals surface area contributed by atoms with Crippen molar-refractivity contribution in [3.8, 4) is 11.5 Å². The summed E-state index contributed by atoms with van der Waals surface area (Å²) in [4.78, 5) is 24.4. The number of benzene rings is 1. The highest BCUT2D eigenvalue weighted by Crippen LogP contribution is 2.25. The van der Waals surface area contributed by atoms with E-state index in [1.807, 2.05) is 0 Å². The quantitative estimate of drug-likeness (QED) is 0.472. The molecule has 0 spiro atoms. The fraction of sp³-hybridized carbons (Fsp3) is 0.158. The van der Waals surface area contributed by atoms with Crippen LogP contribution in [0.2, 0.25) is 5.02 Å². The molecule has 0 amide bonds. The summed E-state index contributed by atoms with van der Waals surface area (Å²) in [6.45, 7) is 3.31. The van der Waals surface area contributed by atoms with E-state index in [1.54, 1.807) is 26.0 Å². The van der Waals surface area contributed by atoms with Crippen molar-refractivity contribution in [1.29, 1.82) is 0 Å². The first kappa shape index (κ1) is 18.0. The molecule has 4 rings (SSSR count). The Labute approximate surface area is 162 Å². The van der Waals surface area contributed by atoms with Crippen molar-refractivity contribution in [1.82, 2.24) is 10.2 Å². The number of hydrogen-bond acceptors (Lipinski definition) is 8. The standard InChI is InChI=1S/C19H13ClN2O6/c1-9-5-12(10(2)26-9)18-22-21-17(28-18)8-25-19(24)16-7-14(23)13-6-11(20)3-4-15(13)27-16/h3-7H,8H2,1-2H3. The molecule has 0 fully saturated rings. The lowest BCUT2D eigenvalue weighted by molar-refractivity contribution is 0.0403. The minimum Gasteiger partial charge on any atom is -0.466 e. The molecule has 0 N–H and O–H groups in total. The van der Waals surface area contributed by atoms with Crippen molar-refractivity contribution < 1.29 is 22.8 Å². The maximum atomic E-state index is 12.2. The SMILES string of the molecule is Cc1cc(-c2nnc(COC(=O)c3cc(=O)c4cc(Cl)ccc4o3)o2)c(C)o1. The smallest absolute Gasteiger partial charge is 0.374 e. The van der Waals surface area contributed by atoms with Gasteiger partial charge >= 0.3 is 5.97 Å². The predicted molar refractivity (Wildman–Crippen MR) is 98.1 cm³/mol. The molecule has 28 heavy (non-hydrogen) atoms. The maximum Gasteiger partial charge on any atom is 0.374 e. The van der Waals surface area contributed by atoms with Crippen LogP contribution in [-0.2, 0) is 11.3 Å². The van der Waals surface area contributed by atoms with Gasteiger partial charge in [-0.15, -0.1) is 10.2 Å². The largest absolute Gasteiger partial charge is 0.466 e. The Morgan fingerprint density at radius 1 is 1.11 bits per heavy atom. The second-order valence-corrected chi connectivity index (χ2v) is 6.46. The Bertz CT molecular complexity index is 1250. The van der Waals surface area contributed by atoms with Gasteiger partial charge in [0, 0.05) is 11.1 Å². The van der Waals surface area contributed by atoms with Crippen LogP contribution in [0.5, 0.6) is 0 Å². The second-order valence-electron chi connectivity index (χ2n) is 6.02. The molecule has 0 saturated carbocycles. The Balaban J connectivity index is 1.51. The third-order valence-electron chi connectivity index (χ3n) is 3.96. The molecule has 0 saturated heterocycles. The highest BCUT2D eigenvalue weighted by atomic mass is 35.5. The van der Waals surface area contributed by atoms with Gasteiger partial charge in [0.1, 0.15) is 17.1 Å². The van der Waals surface area contributed by atoms with E-state index < -0.39 is 11.4 Å². The van der Waals surface area contributed by atoms with Crippen LogP contribution >= 0.6 is 11.6 Å². The van der Waals surface area contributed by atoms with Gasteiger partial charge in [-0.1, -0.05) is 11.6 Å². The van der Waals surface area contributed by atoms with Crippen molar-refractivity contribution in [2.75, 3.05) is 0 Å². The molecular weight excluding hydrogens is 388 g/mol. The van der Waals surface area contributed by atoms with E-state index >= 15 is 0 Å². The summed E-state index contributed by atoms with van der Waals surface area (Å²) < 4.78 is 21.5. The number of ether oxygens (including phenoxy) is 1. The van der Waals surface area contributed by atoms with Gasteiger partial charge < -0.3 is 18.0 Å². The number of furan rings is 1. The predicted octanol–water partition coefficient (Wildman–Crippen LogP) is 4.06. The van der Waals surface area contributed by atoms with Gasteiger partial charge in [-0.3, -0.25) is 4.79 Å². The van der Waals surface area contributed by atoms with E-state index in [4.69, 9.17) is 29.6 Å². The zero-order valence-electron chi connectivity index (χ0n) is 14.8. The monoisotopic (exact) mass is 400 g/mol. The Morgan fingerprint density at radius 3 is 2.68 bits per heavy atom. The van der Waals surface area contributed by atoms with Gasteiger partial charge in [0.2, 0.25) is 5.76 Å². The Morgan fingerprint density at radius 2 is 1.93 bits per heavy atom. The summed E-state index contributed by atoms with van der Waals surface area (Å²) in [7, 11) is 0. The van der Waals surface area contributed by atoms with Crippen molar-refractivity contribution in [2.45, 2.75) is 20.5 Å². The molecule has 0 bridgehead atoms. The summed E-state index contributed by atoms with van der Waals surface area (Å²) in [5, 5.41) is 8.43. The summed E-state index contributed by atoms with van der Waals surface area (Å²) in [6, 6.07) is 7.36. The summed E-state index contributed by atoms with van der Waals surface area (Å²) in [5.41, 5.74) is 0.498. The van der Waals surface area contributed by atoms with Crippen LogP contribution in [0.15, 0.2) is 48.4 Å². The van der Waals surface area contributed by atoms with Gasteiger partial charge in [0.25, 0.3) is 11.8 Å². The van der Waals surface area contributed by atoms with Crippen LogP contribution in [0.3, 0.4) is 0 Å². The molecule has 0 radical (unpaired) electrons. The van der Waals surface area contributed by atoms with Gasteiger partial charge in [0.15, 0.2) is 12.0 Å². The van der Waals surface area contributed by atoms with Crippen molar-refractivity contribution in [3.63, 3.8) is 0 Å². The average Bonchev–Trinajstić information content (AvgIpc) is 3.25. The Kier molecular flexibility index (Phi) is 4.48. The normalized spacial score (nSPS) is 11.1. The highest BCUT2D eigenvalue weighted by molar-refractivity contribution is 6.31. The number of esters is 1. The number of hydrogen-bond donors (Lipinski definition) is 0. The molecule has 0 atom stereocenters. The molecule has 0 aliphatic carbocycles. The number of fused-ring (bicyclic) bond motifs is 1. The van der Waals surface area contributed by atoms with E-state index in [0.29, 0.717) is 22.1 Å². The third kappa shape index (κ3) is 3.41. The fourth-order valence-electron chi connectivity index (χ4n) is 2.69. The summed E-state index contributed by atoms with van der Waals surface area (Å²) in [6.07, 6.45) is 0. The van der Waals surface area contributed by atoms with Crippen molar-refractivity contribution in [3.05, 3.63) is 68.7 Å². The first-order valence-electron chi connectivity index (χ1n) is 8.21. The summed E-state index contributed by atoms with van der Waals surface area (Å²) >= 11 is 5.87. The van der Waals surface area contributed by atoms with E-state index in [0.717, 1.165) is 6.07 Å². The number of halogens is 1. The average molecular weight is 401 g/mol. The Hall–Kier alpha value is -3.39. The maximum absolute atomic E-state index is 12.2. The molecule has 3 heterocycles. The fourth-order valence-corrected chi connectivity index (χ4v) is 2.86. The third-order valence-corrected chi connectivity index (χ3v) is 4.19. The zero-order valence-corrected chi connectivity index (χ0v) is 15.6. The second kappa shape index (κ2) is 6.97. The number of aryl methyl sites for hydroxylation is 2. The van der Waals surface area contributed by atoms with E-state index in [-0.39, 0.29) is 35.1 Å². The van der Waals surface area contributed by atoms with Gasteiger partial charge in [0.05, 0.1) is 10.9 Å². The van der Waals surface area contributed by atoms with E-state index in [9.17, 15) is 9.59 Å². The zero-order chi connectivity index (χ0) is 19.8.